The lowest BCUT2D eigenvalue weighted by Gasteiger charge is -2.26. The van der Waals surface area contributed by atoms with Gasteiger partial charge >= 0.3 is 0 Å². The summed E-state index contributed by atoms with van der Waals surface area (Å²) >= 11 is 0. The molecule has 1 aliphatic heterocycles. The zero-order valence-corrected chi connectivity index (χ0v) is 9.45. The average molecular weight is 208 g/mol. The Labute approximate surface area is 91.4 Å². The van der Waals surface area contributed by atoms with Crippen LogP contribution in [-0.4, -0.2) is 19.0 Å². The molecule has 15 heavy (non-hydrogen) atoms. The van der Waals surface area contributed by atoms with Crippen LogP contribution in [0.1, 0.15) is 32.6 Å². The second-order valence-corrected chi connectivity index (χ2v) is 5.76. The van der Waals surface area contributed by atoms with Crippen molar-refractivity contribution in [1.82, 2.24) is 0 Å². The van der Waals surface area contributed by atoms with Gasteiger partial charge in [-0.3, -0.25) is 4.79 Å². The summed E-state index contributed by atoms with van der Waals surface area (Å²) in [4.78, 5) is 12.3. The van der Waals surface area contributed by atoms with E-state index in [4.69, 9.17) is 4.74 Å². The SMILES string of the molecule is CC1CCCC(C(=O)C2C3COCC32)C1. The minimum absolute atomic E-state index is 0.393. The van der Waals surface area contributed by atoms with E-state index in [0.717, 1.165) is 32.0 Å². The summed E-state index contributed by atoms with van der Waals surface area (Å²) in [6, 6.07) is 0. The van der Waals surface area contributed by atoms with E-state index in [1.165, 1.54) is 12.8 Å². The van der Waals surface area contributed by atoms with Gasteiger partial charge in [0.25, 0.3) is 0 Å². The van der Waals surface area contributed by atoms with Crippen molar-refractivity contribution < 1.29 is 9.53 Å². The molecular weight excluding hydrogens is 188 g/mol. The Morgan fingerprint density at radius 1 is 1.20 bits per heavy atom. The second-order valence-electron chi connectivity index (χ2n) is 5.76. The van der Waals surface area contributed by atoms with Gasteiger partial charge in [-0.2, -0.15) is 0 Å². The van der Waals surface area contributed by atoms with Crippen LogP contribution in [0.25, 0.3) is 0 Å². The molecule has 2 nitrogen and oxygen atoms in total. The summed E-state index contributed by atoms with van der Waals surface area (Å²) in [5, 5.41) is 0. The zero-order valence-electron chi connectivity index (χ0n) is 9.45. The third-order valence-corrected chi connectivity index (χ3v) is 4.62. The Kier molecular flexibility index (Phi) is 2.35. The molecule has 2 heteroatoms. The van der Waals surface area contributed by atoms with E-state index in [1.54, 1.807) is 0 Å². The first-order valence-corrected chi connectivity index (χ1v) is 6.39. The molecule has 1 saturated heterocycles. The van der Waals surface area contributed by atoms with Crippen molar-refractivity contribution in [3.05, 3.63) is 0 Å². The molecule has 0 bridgehead atoms. The number of ketones is 1. The van der Waals surface area contributed by atoms with Gasteiger partial charge in [0.05, 0.1) is 13.2 Å². The predicted molar refractivity (Wildman–Crippen MR) is 57.4 cm³/mol. The molecule has 3 aliphatic rings. The van der Waals surface area contributed by atoms with Crippen LogP contribution in [0.5, 0.6) is 0 Å². The molecule has 0 aromatic heterocycles. The molecule has 0 amide bonds. The molecule has 1 heterocycles. The van der Waals surface area contributed by atoms with Crippen molar-refractivity contribution in [1.29, 1.82) is 0 Å². The largest absolute Gasteiger partial charge is 0.381 e. The normalized spacial score (nSPS) is 48.7. The van der Waals surface area contributed by atoms with E-state index in [-0.39, 0.29) is 0 Å². The van der Waals surface area contributed by atoms with Crippen molar-refractivity contribution in [3.63, 3.8) is 0 Å². The number of ether oxygens (including phenoxy) is 1. The van der Waals surface area contributed by atoms with Crippen molar-refractivity contribution in [2.75, 3.05) is 13.2 Å². The summed E-state index contributed by atoms with van der Waals surface area (Å²) in [7, 11) is 0. The van der Waals surface area contributed by atoms with E-state index in [0.29, 0.717) is 29.5 Å². The monoisotopic (exact) mass is 208 g/mol. The van der Waals surface area contributed by atoms with Crippen LogP contribution < -0.4 is 0 Å². The molecular formula is C13H20O2. The third kappa shape index (κ3) is 1.63. The topological polar surface area (TPSA) is 26.3 Å². The molecule has 3 fully saturated rings. The summed E-state index contributed by atoms with van der Waals surface area (Å²) in [5.41, 5.74) is 0. The molecule has 4 atom stereocenters. The van der Waals surface area contributed by atoms with E-state index < -0.39 is 0 Å². The van der Waals surface area contributed by atoms with Crippen molar-refractivity contribution in [3.8, 4) is 0 Å². The molecule has 0 aromatic rings. The van der Waals surface area contributed by atoms with Crippen LogP contribution >= 0.6 is 0 Å². The number of carbonyl (C=O) groups excluding carboxylic acids is 1. The highest BCUT2D eigenvalue weighted by Crippen LogP contribution is 2.53. The summed E-state index contributed by atoms with van der Waals surface area (Å²) in [6.45, 7) is 3.99. The molecule has 0 spiro atoms. The lowest BCUT2D eigenvalue weighted by atomic mass is 9.79. The van der Waals surface area contributed by atoms with Gasteiger partial charge < -0.3 is 4.74 Å². The van der Waals surface area contributed by atoms with E-state index in [2.05, 4.69) is 6.92 Å². The van der Waals surface area contributed by atoms with Crippen LogP contribution in [0.15, 0.2) is 0 Å². The average Bonchev–Trinajstić information content (AvgIpc) is 2.70. The first-order chi connectivity index (χ1) is 7.27. The minimum atomic E-state index is 0.393. The number of hydrogen-bond acceptors (Lipinski definition) is 2. The van der Waals surface area contributed by atoms with Gasteiger partial charge in [-0.15, -0.1) is 0 Å². The molecule has 2 aliphatic carbocycles. The summed E-state index contributed by atoms with van der Waals surface area (Å²) in [6.07, 6.45) is 4.89. The zero-order chi connectivity index (χ0) is 10.4. The predicted octanol–water partition coefficient (Wildman–Crippen LogP) is 2.27. The number of hydrogen-bond donors (Lipinski definition) is 0. The molecule has 0 aromatic carbocycles. The standard InChI is InChI=1S/C13H20O2/c1-8-3-2-4-9(5-8)13(14)12-10-6-15-7-11(10)12/h8-12H,2-7H2,1H3. The lowest BCUT2D eigenvalue weighted by Crippen LogP contribution is -2.25. The maximum Gasteiger partial charge on any atom is 0.139 e. The van der Waals surface area contributed by atoms with Gasteiger partial charge in [-0.25, -0.2) is 0 Å². The van der Waals surface area contributed by atoms with Crippen LogP contribution in [0.2, 0.25) is 0 Å². The van der Waals surface area contributed by atoms with Gasteiger partial charge in [0, 0.05) is 11.8 Å². The number of carbonyl (C=O) groups is 1. The quantitative estimate of drug-likeness (QED) is 0.696. The minimum Gasteiger partial charge on any atom is -0.381 e. The molecule has 0 radical (unpaired) electrons. The second kappa shape index (κ2) is 3.58. The van der Waals surface area contributed by atoms with Crippen LogP contribution in [0.3, 0.4) is 0 Å². The van der Waals surface area contributed by atoms with Gasteiger partial charge in [-0.05, 0) is 30.6 Å². The van der Waals surface area contributed by atoms with Crippen molar-refractivity contribution in [2.24, 2.45) is 29.6 Å². The number of rotatable bonds is 2. The van der Waals surface area contributed by atoms with Crippen LogP contribution in [-0.2, 0) is 9.53 Å². The fourth-order valence-electron chi connectivity index (χ4n) is 3.63. The first-order valence-electron chi connectivity index (χ1n) is 6.39. The fourth-order valence-corrected chi connectivity index (χ4v) is 3.63. The van der Waals surface area contributed by atoms with Crippen molar-refractivity contribution in [2.45, 2.75) is 32.6 Å². The number of fused-ring (bicyclic) bond motifs is 1. The Balaban J connectivity index is 1.60. The molecule has 2 saturated carbocycles. The maximum absolute atomic E-state index is 12.3. The summed E-state index contributed by atoms with van der Waals surface area (Å²) < 4.78 is 5.34. The highest BCUT2D eigenvalue weighted by atomic mass is 16.5. The van der Waals surface area contributed by atoms with E-state index in [9.17, 15) is 4.79 Å². The lowest BCUT2D eigenvalue weighted by molar-refractivity contribution is -0.126. The first kappa shape index (κ1) is 9.83. The fraction of sp³-hybridized carbons (Fsp3) is 0.923. The molecule has 3 rings (SSSR count). The molecule has 4 unspecified atom stereocenters. The van der Waals surface area contributed by atoms with Crippen molar-refractivity contribution >= 4 is 5.78 Å². The van der Waals surface area contributed by atoms with Gasteiger partial charge in [0.1, 0.15) is 5.78 Å². The Bertz CT molecular complexity index is 264. The molecule has 84 valence electrons. The van der Waals surface area contributed by atoms with Gasteiger partial charge in [-0.1, -0.05) is 19.8 Å². The Hall–Kier alpha value is -0.370. The smallest absolute Gasteiger partial charge is 0.139 e. The van der Waals surface area contributed by atoms with Crippen LogP contribution in [0.4, 0.5) is 0 Å². The van der Waals surface area contributed by atoms with Gasteiger partial charge in [0.15, 0.2) is 0 Å². The Morgan fingerprint density at radius 3 is 2.60 bits per heavy atom. The summed E-state index contributed by atoms with van der Waals surface area (Å²) in [5.74, 6) is 3.35. The highest BCUT2D eigenvalue weighted by molar-refractivity contribution is 5.86. The van der Waals surface area contributed by atoms with Gasteiger partial charge in [0.2, 0.25) is 0 Å². The van der Waals surface area contributed by atoms with Crippen LogP contribution in [0, 0.1) is 29.6 Å². The Morgan fingerprint density at radius 2 is 1.93 bits per heavy atom. The highest BCUT2D eigenvalue weighted by Gasteiger charge is 2.58. The maximum atomic E-state index is 12.3. The van der Waals surface area contributed by atoms with E-state index in [1.807, 2.05) is 0 Å². The third-order valence-electron chi connectivity index (χ3n) is 4.62. The van der Waals surface area contributed by atoms with E-state index >= 15 is 0 Å². The number of Topliss-reactive ketones (excluding diaryl/α,β-unsaturated/α-hetero) is 1. The molecule has 0 N–H and O–H groups in total.